The SMILES string of the molecule is C[Si]C.C[Si]C.Cc1cc2cc(-c3ccccc3)ccc2[cH-]1.Cc1cc2cc(-c3ccccc3)ccc2[cH-]1.Cc1cc2cc(-c3ccccc3)ccc2[cH-]1.Cc1cc2cc(-c3ccccc3)ccc2[cH-]1.[Cl-].[Cl-].[Hf].[Hf]. The van der Waals surface area contributed by atoms with Crippen molar-refractivity contribution in [1.29, 1.82) is 0 Å². The summed E-state index contributed by atoms with van der Waals surface area (Å²) < 4.78 is 0. The Morgan fingerprint density at radius 2 is 0.419 bits per heavy atom. The molecular weight excluding hydrogens is 1300 g/mol. The molecule has 12 aromatic carbocycles. The number of halogens is 2. The Morgan fingerprint density at radius 1 is 0.243 bits per heavy atom. The maximum atomic E-state index is 2.26. The van der Waals surface area contributed by atoms with Gasteiger partial charge in [0.15, 0.2) is 0 Å². The molecule has 0 aliphatic carbocycles. The first kappa shape index (κ1) is 63.2. The molecule has 0 heterocycles. The van der Waals surface area contributed by atoms with Crippen LogP contribution in [0.3, 0.4) is 0 Å². The van der Waals surface area contributed by atoms with Crippen molar-refractivity contribution < 1.29 is 76.5 Å². The molecule has 0 saturated carbocycles. The molecule has 74 heavy (non-hydrogen) atoms. The quantitative estimate of drug-likeness (QED) is 0.122. The maximum absolute atomic E-state index is 2.26. The van der Waals surface area contributed by atoms with Crippen LogP contribution >= 0.6 is 0 Å². The zero-order valence-electron chi connectivity index (χ0n) is 43.8. The third-order valence-corrected chi connectivity index (χ3v) is 11.8. The largest absolute Gasteiger partial charge is 1.00 e. The fraction of sp³-hybridized carbons (Fsp3) is 0.118. The summed E-state index contributed by atoms with van der Waals surface area (Å²) >= 11 is 0. The molecular formula is C68H64Cl2Hf2Si2-6. The van der Waals surface area contributed by atoms with Crippen molar-refractivity contribution in [2.75, 3.05) is 0 Å². The predicted molar refractivity (Wildman–Crippen MR) is 314 cm³/mol. The van der Waals surface area contributed by atoms with Crippen LogP contribution in [0.25, 0.3) is 87.6 Å². The summed E-state index contributed by atoms with van der Waals surface area (Å²) in [6.07, 6.45) is 0. The van der Waals surface area contributed by atoms with E-state index in [-0.39, 0.29) is 76.5 Å². The number of aryl methyl sites for hydroxylation is 4. The Labute approximate surface area is 497 Å². The van der Waals surface area contributed by atoms with E-state index in [1.54, 1.807) is 0 Å². The number of rotatable bonds is 4. The van der Waals surface area contributed by atoms with Crippen LogP contribution < -0.4 is 24.8 Å². The minimum Gasteiger partial charge on any atom is -1.00 e. The van der Waals surface area contributed by atoms with Crippen LogP contribution in [0.15, 0.2) is 243 Å². The Kier molecular flexibility index (Phi) is 27.7. The van der Waals surface area contributed by atoms with E-state index < -0.39 is 0 Å². The summed E-state index contributed by atoms with van der Waals surface area (Å²) in [6.45, 7) is 17.2. The molecule has 0 aliphatic heterocycles. The molecule has 0 aromatic heterocycles. The molecule has 372 valence electrons. The topological polar surface area (TPSA) is 0 Å². The van der Waals surface area contributed by atoms with Gasteiger partial charge >= 0.3 is 0 Å². The molecule has 0 atom stereocenters. The van der Waals surface area contributed by atoms with Crippen molar-refractivity contribution in [3.05, 3.63) is 265 Å². The van der Waals surface area contributed by atoms with Gasteiger partial charge in [-0.05, 0) is 44.5 Å². The van der Waals surface area contributed by atoms with Gasteiger partial charge in [0, 0.05) is 70.7 Å². The fourth-order valence-electron chi connectivity index (χ4n) is 8.69. The molecule has 0 nitrogen and oxygen atoms in total. The smallest absolute Gasteiger partial charge is 0.0307 e. The van der Waals surface area contributed by atoms with Gasteiger partial charge in [-0.2, -0.15) is 24.3 Å². The molecule has 0 N–H and O–H groups in total. The van der Waals surface area contributed by atoms with Gasteiger partial charge in [-0.25, -0.2) is 0 Å². The Balaban J connectivity index is 0.000000247. The average molecular weight is 1370 g/mol. The monoisotopic (exact) mass is 1370 g/mol. The van der Waals surface area contributed by atoms with Crippen LogP contribution in [0, 0.1) is 27.7 Å². The summed E-state index contributed by atoms with van der Waals surface area (Å²) in [5, 5.41) is 10.7. The van der Waals surface area contributed by atoms with Crippen molar-refractivity contribution >= 4 is 62.1 Å². The van der Waals surface area contributed by atoms with E-state index in [0.717, 1.165) is 19.0 Å². The Hall–Kier alpha value is -5.05. The number of benzene rings is 8. The van der Waals surface area contributed by atoms with E-state index in [0.29, 0.717) is 0 Å². The summed E-state index contributed by atoms with van der Waals surface area (Å²) in [5.74, 6) is 0. The number of hydrogen-bond donors (Lipinski definition) is 0. The van der Waals surface area contributed by atoms with Crippen molar-refractivity contribution in [2.45, 2.75) is 53.9 Å². The maximum Gasteiger partial charge on any atom is 0.0307 e. The van der Waals surface area contributed by atoms with Gasteiger partial charge in [0.05, 0.1) is 0 Å². The molecule has 0 bridgehead atoms. The standard InChI is InChI=1S/4C16H13.2C2H6Si.2ClH.2Hf/c4*1-12-9-14-7-8-15(11-16(14)10-12)13-5-3-2-4-6-13;2*1-3-2;;;;/h4*2-11H,1H3;2*1-2H3;2*1H;;/q4*-1;;;;;;/p-2. The summed E-state index contributed by atoms with van der Waals surface area (Å²) in [4.78, 5) is 0. The van der Waals surface area contributed by atoms with Gasteiger partial charge in [0.1, 0.15) is 0 Å². The van der Waals surface area contributed by atoms with Crippen molar-refractivity contribution in [1.82, 2.24) is 0 Å². The van der Waals surface area contributed by atoms with E-state index in [1.165, 1.54) is 110 Å². The van der Waals surface area contributed by atoms with Gasteiger partial charge in [-0.1, -0.05) is 224 Å². The van der Waals surface area contributed by atoms with E-state index in [2.05, 4.69) is 297 Å². The minimum atomic E-state index is 0. The first-order valence-electron chi connectivity index (χ1n) is 24.2. The van der Waals surface area contributed by atoms with Gasteiger partial charge < -0.3 is 24.8 Å². The van der Waals surface area contributed by atoms with E-state index in [9.17, 15) is 0 Å². The molecule has 6 heteroatoms. The predicted octanol–water partition coefficient (Wildman–Crippen LogP) is 13.7. The molecule has 12 aromatic rings. The molecule has 0 fully saturated rings. The third-order valence-electron chi connectivity index (χ3n) is 11.8. The summed E-state index contributed by atoms with van der Waals surface area (Å²) in [5.41, 5.74) is 15.6. The number of hydrogen-bond acceptors (Lipinski definition) is 0. The molecule has 0 aliphatic rings. The van der Waals surface area contributed by atoms with Gasteiger partial charge in [-0.15, -0.1) is 114 Å². The van der Waals surface area contributed by atoms with E-state index in [4.69, 9.17) is 0 Å². The molecule has 0 saturated heterocycles. The van der Waals surface area contributed by atoms with Crippen LogP contribution in [0.4, 0.5) is 0 Å². The van der Waals surface area contributed by atoms with Crippen LogP contribution in [0.2, 0.25) is 26.2 Å². The van der Waals surface area contributed by atoms with E-state index in [1.807, 2.05) is 0 Å². The van der Waals surface area contributed by atoms with Gasteiger partial charge in [0.2, 0.25) is 0 Å². The van der Waals surface area contributed by atoms with Crippen molar-refractivity contribution in [2.24, 2.45) is 0 Å². The van der Waals surface area contributed by atoms with Crippen molar-refractivity contribution in [3.63, 3.8) is 0 Å². The Bertz CT molecular complexity index is 3000. The summed E-state index contributed by atoms with van der Waals surface area (Å²) in [7, 11) is 2.17. The van der Waals surface area contributed by atoms with Gasteiger partial charge in [0.25, 0.3) is 0 Å². The second kappa shape index (κ2) is 32.4. The first-order valence-corrected chi connectivity index (χ1v) is 28.2. The Morgan fingerprint density at radius 3 is 0.595 bits per heavy atom. The van der Waals surface area contributed by atoms with E-state index >= 15 is 0 Å². The molecule has 0 spiro atoms. The molecule has 4 radical (unpaired) electrons. The molecule has 0 unspecified atom stereocenters. The zero-order valence-corrected chi connectivity index (χ0v) is 54.5. The third kappa shape index (κ3) is 18.1. The second-order valence-electron chi connectivity index (χ2n) is 18.0. The summed E-state index contributed by atoms with van der Waals surface area (Å²) in [6, 6.07) is 86.5. The van der Waals surface area contributed by atoms with Gasteiger partial charge in [-0.3, -0.25) is 0 Å². The fourth-order valence-corrected chi connectivity index (χ4v) is 8.69. The zero-order chi connectivity index (χ0) is 49.2. The number of fused-ring (bicyclic) bond motifs is 4. The minimum absolute atomic E-state index is 0. The van der Waals surface area contributed by atoms with Crippen LogP contribution in [-0.4, -0.2) is 19.0 Å². The van der Waals surface area contributed by atoms with Crippen LogP contribution in [0.1, 0.15) is 22.3 Å². The normalized spacial score (nSPS) is 9.84. The van der Waals surface area contributed by atoms with Crippen LogP contribution in [-0.2, 0) is 51.7 Å². The second-order valence-corrected chi connectivity index (χ2v) is 20.0. The van der Waals surface area contributed by atoms with Crippen LogP contribution in [0.5, 0.6) is 0 Å². The van der Waals surface area contributed by atoms with Crippen molar-refractivity contribution in [3.8, 4) is 44.5 Å². The average Bonchev–Trinajstić information content (AvgIpc) is 4.17. The molecule has 0 amide bonds. The molecule has 12 rings (SSSR count). The first-order chi connectivity index (χ1) is 34.1.